The third-order valence-corrected chi connectivity index (χ3v) is 13.3. The van der Waals surface area contributed by atoms with E-state index in [2.05, 4.69) is 5.32 Å². The number of nitrogens with zero attached hydrogens (tertiary/aromatic N) is 5. The minimum absolute atomic E-state index is 0.0268. The number of rotatable bonds is 19. The Morgan fingerprint density at radius 2 is 1.06 bits per heavy atom. The smallest absolute Gasteiger partial charge is 0.247 e. The molecule has 77 heavy (non-hydrogen) atoms. The lowest BCUT2D eigenvalue weighted by Gasteiger charge is -2.36. The van der Waals surface area contributed by atoms with E-state index in [4.69, 9.17) is 28.4 Å². The van der Waals surface area contributed by atoms with Crippen LogP contribution in [0.25, 0.3) is 0 Å². The van der Waals surface area contributed by atoms with Crippen LogP contribution in [-0.2, 0) is 39.9 Å². The number of methoxy groups -OCH3 is 4. The van der Waals surface area contributed by atoms with Gasteiger partial charge in [-0.3, -0.25) is 28.8 Å². The van der Waals surface area contributed by atoms with E-state index in [1.54, 1.807) is 87.7 Å². The average Bonchev–Trinajstić information content (AvgIpc) is 3.45. The summed E-state index contributed by atoms with van der Waals surface area (Å²) in [6, 6.07) is 32.8. The Bertz CT molecular complexity index is 2750. The van der Waals surface area contributed by atoms with Crippen LogP contribution in [0.4, 0.5) is 5.69 Å². The first-order valence-electron chi connectivity index (χ1n) is 25.7. The third kappa shape index (κ3) is 16.2. The molecule has 1 N–H and O–H groups in total. The molecule has 1 heterocycles. The summed E-state index contributed by atoms with van der Waals surface area (Å²) in [4.78, 5) is 96.4. The average molecular weight is 1060 g/mol. The number of carbonyl (C=O) groups excluding carboxylic acids is 6. The number of nitrogens with one attached hydrogen (secondary N) is 1. The van der Waals surface area contributed by atoms with Crippen molar-refractivity contribution in [1.82, 2.24) is 24.9 Å². The Hall–Kier alpha value is -8.12. The molecule has 0 spiro atoms. The number of carbonyl (C=O) groups is 6. The molecule has 0 aromatic heterocycles. The highest BCUT2D eigenvalue weighted by atomic mass is 16.5. The maximum atomic E-state index is 15.2. The second-order valence-electron chi connectivity index (χ2n) is 18.9. The summed E-state index contributed by atoms with van der Waals surface area (Å²) in [7, 11) is 5.99. The molecule has 18 nitrogen and oxygen atoms in total. The summed E-state index contributed by atoms with van der Waals surface area (Å²) >= 11 is 0. The molecule has 0 unspecified atom stereocenters. The van der Waals surface area contributed by atoms with Crippen LogP contribution in [0, 0.1) is 0 Å². The number of ether oxygens (including phenoxy) is 6. The molecule has 1 aliphatic heterocycles. The molecule has 6 amide bonds. The zero-order valence-electron chi connectivity index (χ0n) is 45.6. The van der Waals surface area contributed by atoms with Crippen molar-refractivity contribution in [3.8, 4) is 34.5 Å². The Morgan fingerprint density at radius 3 is 1.64 bits per heavy atom. The maximum Gasteiger partial charge on any atom is 0.247 e. The van der Waals surface area contributed by atoms with Gasteiger partial charge in [0, 0.05) is 37.9 Å². The highest BCUT2D eigenvalue weighted by molar-refractivity contribution is 6.02. The predicted octanol–water partition coefficient (Wildman–Crippen LogP) is 7.26. The summed E-state index contributed by atoms with van der Waals surface area (Å²) in [5.74, 6) is -0.766. The molecule has 0 radical (unpaired) electrons. The van der Waals surface area contributed by atoms with Gasteiger partial charge in [-0.05, 0) is 107 Å². The fourth-order valence-electron chi connectivity index (χ4n) is 8.85. The normalized spacial score (nSPS) is 16.4. The van der Waals surface area contributed by atoms with E-state index >= 15 is 19.2 Å². The molecule has 6 rings (SSSR count). The fourth-order valence-corrected chi connectivity index (χ4v) is 8.85. The van der Waals surface area contributed by atoms with E-state index in [1.165, 1.54) is 52.8 Å². The monoisotopic (exact) mass is 1060 g/mol. The van der Waals surface area contributed by atoms with Crippen LogP contribution >= 0.6 is 0 Å². The van der Waals surface area contributed by atoms with Gasteiger partial charge in [0.2, 0.25) is 35.4 Å². The van der Waals surface area contributed by atoms with Crippen molar-refractivity contribution in [2.75, 3.05) is 85.8 Å². The summed E-state index contributed by atoms with van der Waals surface area (Å²) in [5.41, 5.74) is 2.28. The molecule has 0 aliphatic carbocycles. The van der Waals surface area contributed by atoms with Crippen LogP contribution in [0.2, 0.25) is 0 Å². The first kappa shape index (κ1) is 58.1. The lowest BCUT2D eigenvalue weighted by atomic mass is 10.0. The lowest BCUT2D eigenvalue weighted by Crippen LogP contribution is -2.55. The number of amides is 6. The van der Waals surface area contributed by atoms with Crippen molar-refractivity contribution in [2.45, 2.75) is 71.7 Å². The first-order chi connectivity index (χ1) is 37.0. The van der Waals surface area contributed by atoms with Gasteiger partial charge in [-0.15, -0.1) is 0 Å². The van der Waals surface area contributed by atoms with Crippen LogP contribution in [0.15, 0.2) is 121 Å². The lowest BCUT2D eigenvalue weighted by molar-refractivity contribution is -0.148. The van der Waals surface area contributed by atoms with Crippen LogP contribution in [-0.4, -0.2) is 148 Å². The number of hydrogen-bond acceptors (Lipinski definition) is 12. The predicted molar refractivity (Wildman–Crippen MR) is 291 cm³/mol. The van der Waals surface area contributed by atoms with Crippen molar-refractivity contribution in [3.63, 3.8) is 0 Å². The van der Waals surface area contributed by atoms with E-state index in [0.29, 0.717) is 52.0 Å². The molecule has 1 fully saturated rings. The molecule has 410 valence electrons. The number of hydrogen-bond donors (Lipinski definition) is 1. The number of benzene rings is 5. The van der Waals surface area contributed by atoms with Gasteiger partial charge in [-0.1, -0.05) is 60.7 Å². The van der Waals surface area contributed by atoms with E-state index < -0.39 is 86.3 Å². The number of anilines is 1. The summed E-state index contributed by atoms with van der Waals surface area (Å²) in [6.07, 6.45) is 0.429. The first-order valence-corrected chi connectivity index (χ1v) is 25.7. The second-order valence-corrected chi connectivity index (χ2v) is 18.9. The molecule has 5 aromatic rings. The van der Waals surface area contributed by atoms with Crippen LogP contribution in [0.1, 0.15) is 69.8 Å². The largest absolute Gasteiger partial charge is 0.497 e. The quantitative estimate of drug-likeness (QED) is 0.0818. The van der Waals surface area contributed by atoms with Gasteiger partial charge in [0.1, 0.15) is 66.7 Å². The Kier molecular flexibility index (Phi) is 21.2. The molecule has 1 aliphatic rings. The van der Waals surface area contributed by atoms with Crippen LogP contribution in [0.5, 0.6) is 34.5 Å². The minimum Gasteiger partial charge on any atom is -0.497 e. The van der Waals surface area contributed by atoms with Crippen molar-refractivity contribution >= 4 is 41.1 Å². The second kappa shape index (κ2) is 28.1. The maximum absolute atomic E-state index is 15.2. The van der Waals surface area contributed by atoms with Gasteiger partial charge >= 0.3 is 0 Å². The van der Waals surface area contributed by atoms with Crippen molar-refractivity contribution in [2.24, 2.45) is 0 Å². The molecule has 0 saturated carbocycles. The van der Waals surface area contributed by atoms with E-state index in [0.717, 1.165) is 5.56 Å². The zero-order valence-corrected chi connectivity index (χ0v) is 45.6. The summed E-state index contributed by atoms with van der Waals surface area (Å²) in [5, 5.41) is 2.80. The molecule has 5 aromatic carbocycles. The van der Waals surface area contributed by atoms with Crippen LogP contribution < -0.4 is 33.9 Å². The third-order valence-electron chi connectivity index (χ3n) is 13.3. The molecule has 3 atom stereocenters. The molecule has 0 bridgehead atoms. The topological polar surface area (TPSA) is 186 Å². The highest BCUT2D eigenvalue weighted by Gasteiger charge is 2.35. The standard InChI is InChI=1S/C59H72N6O12/c1-40(2)76-31-15-29-61-36-56(68)64(43(5)45-22-26-49(73-7)27-23-45)39-58(70)63(42(4)44-20-24-48(72-6)25-21-44)35-54(66)60-41(3)59(71)62(30-28-46-16-13-14-19-53(46)77-50-17-11-10-12-18-50)37-57(69)65(38-55(61)67)47-32-51(74-8)34-52(33-47)75-9/h10-14,16-27,32-34,40-43H,15,28-31,35-39H2,1-9H3,(H,60,66)/t41-,42-,43-/m1/s1. The van der Waals surface area contributed by atoms with Gasteiger partial charge in [-0.2, -0.15) is 0 Å². The molecule has 1 saturated heterocycles. The van der Waals surface area contributed by atoms with Gasteiger partial charge in [0.05, 0.1) is 58.9 Å². The van der Waals surface area contributed by atoms with Gasteiger partial charge in [0.25, 0.3) is 0 Å². The molecule has 18 heteroatoms. The van der Waals surface area contributed by atoms with Crippen LogP contribution in [0.3, 0.4) is 0 Å². The Morgan fingerprint density at radius 1 is 0.532 bits per heavy atom. The van der Waals surface area contributed by atoms with Gasteiger partial charge in [0.15, 0.2) is 0 Å². The zero-order chi connectivity index (χ0) is 55.6. The van der Waals surface area contributed by atoms with E-state index in [9.17, 15) is 9.59 Å². The van der Waals surface area contributed by atoms with E-state index in [-0.39, 0.29) is 37.9 Å². The van der Waals surface area contributed by atoms with Crippen molar-refractivity contribution in [1.29, 1.82) is 0 Å². The van der Waals surface area contributed by atoms with Crippen molar-refractivity contribution in [3.05, 3.63) is 138 Å². The van der Waals surface area contributed by atoms with Gasteiger partial charge in [-0.25, -0.2) is 0 Å². The highest BCUT2D eigenvalue weighted by Crippen LogP contribution is 2.31. The number of para-hydroxylation sites is 2. The fraction of sp³-hybridized carbons (Fsp3) is 0.390. The van der Waals surface area contributed by atoms with Gasteiger partial charge < -0.3 is 58.2 Å². The Labute approximate surface area is 451 Å². The van der Waals surface area contributed by atoms with E-state index in [1.807, 2.05) is 68.4 Å². The minimum atomic E-state index is -1.22. The SMILES string of the molecule is COc1ccc([C@@H](C)N2CC(=O)N[C@H](C)C(=O)N(CCc3ccccc3Oc3ccccc3)CC(=O)N(c3cc(OC)cc(OC)c3)CC(=O)N(CCCOC(C)C)CC(=O)N([C@H](C)c3ccc(OC)cc3)CC2=O)cc1. The molecular weight excluding hydrogens is 985 g/mol. The summed E-state index contributed by atoms with van der Waals surface area (Å²) < 4.78 is 34.1. The Balaban J connectivity index is 1.46. The summed E-state index contributed by atoms with van der Waals surface area (Å²) in [6.45, 7) is 6.42. The van der Waals surface area contributed by atoms with Crippen molar-refractivity contribution < 1.29 is 57.2 Å². The molecular formula is C59H72N6O12.